The van der Waals surface area contributed by atoms with E-state index in [0.29, 0.717) is 5.75 Å². The standard InChI is InChI=1S/C10H18O4S/c1-2-3-7(6-15)8(10(13)14)4-5-9(11)12/h7-8,15H,2-6H2,1H3,(H,11,12)(H,13,14). The number of carboxylic acids is 2. The van der Waals surface area contributed by atoms with Crippen LogP contribution in [-0.2, 0) is 9.59 Å². The molecule has 0 saturated heterocycles. The minimum Gasteiger partial charge on any atom is -0.481 e. The zero-order chi connectivity index (χ0) is 11.8. The van der Waals surface area contributed by atoms with Crippen molar-refractivity contribution >= 4 is 24.6 Å². The second-order valence-corrected chi connectivity index (χ2v) is 3.97. The zero-order valence-electron chi connectivity index (χ0n) is 8.85. The van der Waals surface area contributed by atoms with Crippen molar-refractivity contribution in [3.63, 3.8) is 0 Å². The zero-order valence-corrected chi connectivity index (χ0v) is 9.74. The average Bonchev–Trinajstić information content (AvgIpc) is 2.15. The molecular formula is C10H18O4S. The van der Waals surface area contributed by atoms with Crippen LogP contribution in [0.4, 0.5) is 0 Å². The molecular weight excluding hydrogens is 216 g/mol. The van der Waals surface area contributed by atoms with Crippen molar-refractivity contribution < 1.29 is 19.8 Å². The molecule has 0 fully saturated rings. The Morgan fingerprint density at radius 1 is 1.27 bits per heavy atom. The third-order valence-corrected chi connectivity index (χ3v) is 2.92. The van der Waals surface area contributed by atoms with Gasteiger partial charge in [0, 0.05) is 6.42 Å². The molecule has 15 heavy (non-hydrogen) atoms. The maximum absolute atomic E-state index is 11.0. The predicted molar refractivity (Wildman–Crippen MR) is 60.2 cm³/mol. The predicted octanol–water partition coefficient (Wildman–Crippen LogP) is 1.90. The average molecular weight is 234 g/mol. The molecule has 0 saturated carbocycles. The van der Waals surface area contributed by atoms with Crippen molar-refractivity contribution in [3.05, 3.63) is 0 Å². The van der Waals surface area contributed by atoms with Crippen LogP contribution < -0.4 is 0 Å². The fraction of sp³-hybridized carbons (Fsp3) is 0.800. The van der Waals surface area contributed by atoms with Gasteiger partial charge in [-0.05, 0) is 24.5 Å². The van der Waals surface area contributed by atoms with E-state index in [9.17, 15) is 9.59 Å². The lowest BCUT2D eigenvalue weighted by Gasteiger charge is -2.21. The van der Waals surface area contributed by atoms with Crippen LogP contribution in [0.25, 0.3) is 0 Å². The summed E-state index contributed by atoms with van der Waals surface area (Å²) in [6.07, 6.45) is 1.77. The molecule has 0 amide bonds. The van der Waals surface area contributed by atoms with Crippen molar-refractivity contribution in [2.75, 3.05) is 5.75 Å². The van der Waals surface area contributed by atoms with Gasteiger partial charge >= 0.3 is 11.9 Å². The molecule has 0 aromatic rings. The summed E-state index contributed by atoms with van der Waals surface area (Å²) in [6.45, 7) is 1.98. The third-order valence-electron chi connectivity index (χ3n) is 2.45. The van der Waals surface area contributed by atoms with Crippen molar-refractivity contribution in [1.82, 2.24) is 0 Å². The molecule has 2 atom stereocenters. The topological polar surface area (TPSA) is 74.6 Å². The molecule has 0 aliphatic carbocycles. The summed E-state index contributed by atoms with van der Waals surface area (Å²) >= 11 is 4.12. The number of carbonyl (C=O) groups is 2. The van der Waals surface area contributed by atoms with Crippen LogP contribution in [0, 0.1) is 11.8 Å². The number of thiol groups is 1. The molecule has 0 aromatic carbocycles. The highest BCUT2D eigenvalue weighted by atomic mass is 32.1. The third kappa shape index (κ3) is 5.67. The van der Waals surface area contributed by atoms with Crippen molar-refractivity contribution in [2.24, 2.45) is 11.8 Å². The number of rotatable bonds is 8. The van der Waals surface area contributed by atoms with E-state index in [1.54, 1.807) is 0 Å². The van der Waals surface area contributed by atoms with Crippen LogP contribution in [-0.4, -0.2) is 27.9 Å². The minimum atomic E-state index is -0.948. The first-order valence-electron chi connectivity index (χ1n) is 5.08. The quantitative estimate of drug-likeness (QED) is 0.561. The fourth-order valence-electron chi connectivity index (χ4n) is 1.63. The van der Waals surface area contributed by atoms with Gasteiger partial charge in [0.15, 0.2) is 0 Å². The van der Waals surface area contributed by atoms with Crippen molar-refractivity contribution in [3.8, 4) is 0 Å². The highest BCUT2D eigenvalue weighted by molar-refractivity contribution is 7.80. The molecule has 0 aromatic heterocycles. The van der Waals surface area contributed by atoms with Gasteiger partial charge in [-0.3, -0.25) is 9.59 Å². The lowest BCUT2D eigenvalue weighted by atomic mass is 9.86. The first-order chi connectivity index (χ1) is 7.02. The molecule has 2 unspecified atom stereocenters. The van der Waals surface area contributed by atoms with Gasteiger partial charge in [0.1, 0.15) is 0 Å². The van der Waals surface area contributed by atoms with E-state index in [-0.39, 0.29) is 18.8 Å². The van der Waals surface area contributed by atoms with E-state index >= 15 is 0 Å². The Morgan fingerprint density at radius 2 is 1.87 bits per heavy atom. The maximum Gasteiger partial charge on any atom is 0.306 e. The second kappa shape index (κ2) is 7.56. The van der Waals surface area contributed by atoms with Crippen LogP contribution in [0.5, 0.6) is 0 Å². The molecule has 2 N–H and O–H groups in total. The van der Waals surface area contributed by atoms with Gasteiger partial charge in [-0.15, -0.1) is 0 Å². The Labute approximate surface area is 95.1 Å². The number of hydrogen-bond donors (Lipinski definition) is 3. The molecule has 0 rings (SSSR count). The highest BCUT2D eigenvalue weighted by Crippen LogP contribution is 2.24. The minimum absolute atomic E-state index is 0.0322. The molecule has 4 nitrogen and oxygen atoms in total. The summed E-state index contributed by atoms with van der Waals surface area (Å²) in [5.74, 6) is -1.99. The Morgan fingerprint density at radius 3 is 2.20 bits per heavy atom. The maximum atomic E-state index is 11.0. The van der Waals surface area contributed by atoms with E-state index < -0.39 is 17.9 Å². The summed E-state index contributed by atoms with van der Waals surface area (Å²) in [7, 11) is 0. The SMILES string of the molecule is CCCC(CS)C(CCC(=O)O)C(=O)O. The normalized spacial score (nSPS) is 14.5. The first-order valence-corrected chi connectivity index (χ1v) is 5.71. The van der Waals surface area contributed by atoms with Crippen LogP contribution in [0.2, 0.25) is 0 Å². The monoisotopic (exact) mass is 234 g/mol. The molecule has 0 bridgehead atoms. The van der Waals surface area contributed by atoms with E-state index in [0.717, 1.165) is 12.8 Å². The van der Waals surface area contributed by atoms with E-state index in [2.05, 4.69) is 12.6 Å². The molecule has 0 radical (unpaired) electrons. The smallest absolute Gasteiger partial charge is 0.306 e. The number of carboxylic acid groups (broad SMARTS) is 2. The van der Waals surface area contributed by atoms with Crippen molar-refractivity contribution in [2.45, 2.75) is 32.6 Å². The summed E-state index contributed by atoms with van der Waals surface area (Å²) in [4.78, 5) is 21.3. The lowest BCUT2D eigenvalue weighted by molar-refractivity contribution is -0.144. The molecule has 0 heterocycles. The van der Waals surface area contributed by atoms with Gasteiger partial charge in [0.05, 0.1) is 5.92 Å². The number of aliphatic carboxylic acids is 2. The molecule has 0 aliphatic rings. The Kier molecular flexibility index (Phi) is 7.21. The van der Waals surface area contributed by atoms with Gasteiger partial charge in [0.25, 0.3) is 0 Å². The summed E-state index contributed by atoms with van der Waals surface area (Å²) < 4.78 is 0. The molecule has 0 aliphatic heterocycles. The lowest BCUT2D eigenvalue weighted by Crippen LogP contribution is -2.25. The van der Waals surface area contributed by atoms with Crippen LogP contribution >= 0.6 is 12.6 Å². The van der Waals surface area contributed by atoms with Gasteiger partial charge in [-0.1, -0.05) is 13.3 Å². The van der Waals surface area contributed by atoms with Gasteiger partial charge in [-0.25, -0.2) is 0 Å². The largest absolute Gasteiger partial charge is 0.481 e. The van der Waals surface area contributed by atoms with E-state index in [1.165, 1.54) is 0 Å². The van der Waals surface area contributed by atoms with Crippen LogP contribution in [0.3, 0.4) is 0 Å². The summed E-state index contributed by atoms with van der Waals surface area (Å²) in [5, 5.41) is 17.5. The summed E-state index contributed by atoms with van der Waals surface area (Å²) in [5.41, 5.74) is 0. The van der Waals surface area contributed by atoms with Gasteiger partial charge in [0.2, 0.25) is 0 Å². The molecule has 0 spiro atoms. The second-order valence-electron chi connectivity index (χ2n) is 3.61. The van der Waals surface area contributed by atoms with Gasteiger partial charge in [-0.2, -0.15) is 12.6 Å². The van der Waals surface area contributed by atoms with E-state index in [4.69, 9.17) is 10.2 Å². The molecule has 5 heteroatoms. The molecule has 88 valence electrons. The van der Waals surface area contributed by atoms with Gasteiger partial charge < -0.3 is 10.2 Å². The first kappa shape index (κ1) is 14.3. The Hall–Kier alpha value is -0.710. The fourth-order valence-corrected chi connectivity index (χ4v) is 2.07. The van der Waals surface area contributed by atoms with Crippen LogP contribution in [0.15, 0.2) is 0 Å². The van der Waals surface area contributed by atoms with Crippen LogP contribution in [0.1, 0.15) is 32.6 Å². The highest BCUT2D eigenvalue weighted by Gasteiger charge is 2.26. The van der Waals surface area contributed by atoms with E-state index in [1.807, 2.05) is 6.92 Å². The Balaban J connectivity index is 4.34. The van der Waals surface area contributed by atoms with Crippen molar-refractivity contribution in [1.29, 1.82) is 0 Å². The summed E-state index contributed by atoms with van der Waals surface area (Å²) in [6, 6.07) is 0. The Bertz CT molecular complexity index is 217. The number of hydrogen-bond acceptors (Lipinski definition) is 3.